The lowest BCUT2D eigenvalue weighted by Crippen LogP contribution is -2.16. The molecule has 0 amide bonds. The van der Waals surface area contributed by atoms with Crippen LogP contribution in [0.2, 0.25) is 5.02 Å². The van der Waals surface area contributed by atoms with Gasteiger partial charge in [-0.05, 0) is 28.1 Å². The van der Waals surface area contributed by atoms with Crippen molar-refractivity contribution in [3.63, 3.8) is 0 Å². The lowest BCUT2D eigenvalue weighted by molar-refractivity contribution is 1.03. The number of halogens is 2. The number of benzene rings is 1. The Morgan fingerprint density at radius 1 is 1.62 bits per heavy atom. The molecule has 0 aliphatic heterocycles. The van der Waals surface area contributed by atoms with E-state index in [0.29, 0.717) is 0 Å². The lowest BCUT2D eigenvalue weighted by atomic mass is 10.3. The summed E-state index contributed by atoms with van der Waals surface area (Å²) in [5.74, 6) is 0. The van der Waals surface area contributed by atoms with Gasteiger partial charge in [0.2, 0.25) is 0 Å². The molecule has 0 saturated heterocycles. The minimum Gasteiger partial charge on any atom is -0.370 e. The second-order valence-electron chi connectivity index (χ2n) is 2.74. The van der Waals surface area contributed by atoms with Crippen LogP contribution < -0.4 is 4.90 Å². The third-order valence-corrected chi connectivity index (χ3v) is 3.12. The number of nitrogens with zero attached hydrogens (tertiary/aromatic N) is 1. The Morgan fingerprint density at radius 3 is 2.92 bits per heavy atom. The van der Waals surface area contributed by atoms with Crippen molar-refractivity contribution < 1.29 is 0 Å². The first-order valence-corrected chi connectivity index (χ1v) is 5.10. The molecule has 0 unspecified atom stereocenters. The van der Waals surface area contributed by atoms with E-state index in [-0.39, 0.29) is 0 Å². The molecule has 1 nitrogen and oxygen atoms in total. The fourth-order valence-corrected chi connectivity index (χ4v) is 1.82. The summed E-state index contributed by atoms with van der Waals surface area (Å²) in [6.45, 7) is 4.49. The Morgan fingerprint density at radius 2 is 2.31 bits per heavy atom. The van der Waals surface area contributed by atoms with Gasteiger partial charge in [0.25, 0.3) is 0 Å². The molecule has 0 fully saturated rings. The molecule has 0 aliphatic rings. The molecule has 13 heavy (non-hydrogen) atoms. The third-order valence-electron chi connectivity index (χ3n) is 1.75. The highest BCUT2D eigenvalue weighted by atomic mass is 79.9. The van der Waals surface area contributed by atoms with Crippen LogP contribution >= 0.6 is 27.5 Å². The molecule has 0 bridgehead atoms. The Bertz CT molecular complexity index is 312. The highest BCUT2D eigenvalue weighted by Crippen LogP contribution is 2.31. The standard InChI is InChI=1S/C10H11BrClN/c1-3-7-13(2)9-6-4-5-8(12)10(9)11/h3-6H,1,7H2,2H3. The predicted octanol–water partition coefficient (Wildman–Crippen LogP) is 3.72. The second-order valence-corrected chi connectivity index (χ2v) is 3.94. The van der Waals surface area contributed by atoms with Crippen molar-refractivity contribution in [3.8, 4) is 0 Å². The van der Waals surface area contributed by atoms with E-state index in [2.05, 4.69) is 27.4 Å². The van der Waals surface area contributed by atoms with Crippen molar-refractivity contribution in [2.24, 2.45) is 0 Å². The van der Waals surface area contributed by atoms with Gasteiger partial charge in [-0.25, -0.2) is 0 Å². The molecule has 1 aromatic rings. The minimum absolute atomic E-state index is 0.730. The summed E-state index contributed by atoms with van der Waals surface area (Å²) in [6.07, 6.45) is 1.85. The summed E-state index contributed by atoms with van der Waals surface area (Å²) < 4.78 is 0.931. The predicted molar refractivity (Wildman–Crippen MR) is 62.6 cm³/mol. The minimum atomic E-state index is 0.730. The van der Waals surface area contributed by atoms with E-state index in [1.807, 2.05) is 31.3 Å². The number of likely N-dealkylation sites (N-methyl/N-ethyl adjacent to an activating group) is 1. The van der Waals surface area contributed by atoms with Crippen LogP contribution in [-0.4, -0.2) is 13.6 Å². The van der Waals surface area contributed by atoms with Crippen LogP contribution in [0.5, 0.6) is 0 Å². The second kappa shape index (κ2) is 4.68. The Labute approximate surface area is 92.1 Å². The van der Waals surface area contributed by atoms with Gasteiger partial charge in [-0.1, -0.05) is 23.7 Å². The van der Waals surface area contributed by atoms with Crippen molar-refractivity contribution in [2.75, 3.05) is 18.5 Å². The van der Waals surface area contributed by atoms with E-state index in [9.17, 15) is 0 Å². The quantitative estimate of drug-likeness (QED) is 0.749. The van der Waals surface area contributed by atoms with Crippen molar-refractivity contribution in [1.82, 2.24) is 0 Å². The molecule has 0 radical (unpaired) electrons. The topological polar surface area (TPSA) is 3.24 Å². The zero-order valence-corrected chi connectivity index (χ0v) is 9.77. The highest BCUT2D eigenvalue weighted by Gasteiger charge is 2.06. The monoisotopic (exact) mass is 259 g/mol. The average molecular weight is 261 g/mol. The van der Waals surface area contributed by atoms with Crippen LogP contribution in [0.25, 0.3) is 0 Å². The van der Waals surface area contributed by atoms with E-state index in [4.69, 9.17) is 11.6 Å². The summed E-state index contributed by atoms with van der Waals surface area (Å²) in [7, 11) is 2.00. The van der Waals surface area contributed by atoms with Crippen molar-refractivity contribution >= 4 is 33.2 Å². The Balaban J connectivity index is 3.00. The van der Waals surface area contributed by atoms with E-state index < -0.39 is 0 Å². The summed E-state index contributed by atoms with van der Waals surface area (Å²) in [6, 6.07) is 5.80. The molecule has 0 aliphatic carbocycles. The maximum atomic E-state index is 5.96. The highest BCUT2D eigenvalue weighted by molar-refractivity contribution is 9.10. The molecular weight excluding hydrogens is 249 g/mol. The van der Waals surface area contributed by atoms with Gasteiger partial charge in [-0.3, -0.25) is 0 Å². The summed E-state index contributed by atoms with van der Waals surface area (Å²) >= 11 is 9.40. The molecule has 0 N–H and O–H groups in total. The van der Waals surface area contributed by atoms with Gasteiger partial charge in [-0.2, -0.15) is 0 Å². The van der Waals surface area contributed by atoms with Crippen molar-refractivity contribution in [1.29, 1.82) is 0 Å². The Hall–Kier alpha value is -0.470. The molecule has 3 heteroatoms. The number of rotatable bonds is 3. The molecule has 0 aromatic heterocycles. The fourth-order valence-electron chi connectivity index (χ4n) is 1.08. The molecule has 0 spiro atoms. The average Bonchev–Trinajstić information content (AvgIpc) is 2.10. The summed E-state index contributed by atoms with van der Waals surface area (Å²) in [5.41, 5.74) is 1.08. The lowest BCUT2D eigenvalue weighted by Gasteiger charge is -2.19. The van der Waals surface area contributed by atoms with Gasteiger partial charge < -0.3 is 4.90 Å². The smallest absolute Gasteiger partial charge is 0.0595 e. The van der Waals surface area contributed by atoms with Crippen molar-refractivity contribution in [3.05, 3.63) is 40.3 Å². The molecule has 0 saturated carbocycles. The van der Waals surface area contributed by atoms with Crippen LogP contribution in [0.1, 0.15) is 0 Å². The third kappa shape index (κ3) is 2.48. The maximum Gasteiger partial charge on any atom is 0.0595 e. The molecule has 1 aromatic carbocycles. The van der Waals surface area contributed by atoms with E-state index in [1.165, 1.54) is 0 Å². The largest absolute Gasteiger partial charge is 0.370 e. The zero-order valence-electron chi connectivity index (χ0n) is 7.43. The van der Waals surface area contributed by atoms with Gasteiger partial charge in [-0.15, -0.1) is 6.58 Å². The van der Waals surface area contributed by atoms with Gasteiger partial charge in [0.05, 0.1) is 15.2 Å². The normalized spacial score (nSPS) is 9.77. The number of anilines is 1. The first-order chi connectivity index (χ1) is 6.16. The first kappa shape index (κ1) is 10.6. The first-order valence-electron chi connectivity index (χ1n) is 3.93. The zero-order chi connectivity index (χ0) is 9.84. The SMILES string of the molecule is C=CCN(C)c1cccc(Cl)c1Br. The maximum absolute atomic E-state index is 5.96. The molecule has 0 heterocycles. The molecular formula is C10H11BrClN. The summed E-state index contributed by atoms with van der Waals surface area (Å²) in [5, 5.41) is 0.730. The number of hydrogen-bond donors (Lipinski definition) is 0. The van der Waals surface area contributed by atoms with E-state index in [0.717, 1.165) is 21.7 Å². The van der Waals surface area contributed by atoms with Crippen LogP contribution in [-0.2, 0) is 0 Å². The molecule has 1 rings (SSSR count). The van der Waals surface area contributed by atoms with Gasteiger partial charge >= 0.3 is 0 Å². The summed E-state index contributed by atoms with van der Waals surface area (Å²) in [4.78, 5) is 2.07. The van der Waals surface area contributed by atoms with Crippen LogP contribution in [0, 0.1) is 0 Å². The van der Waals surface area contributed by atoms with Crippen LogP contribution in [0.15, 0.2) is 35.3 Å². The van der Waals surface area contributed by atoms with Gasteiger partial charge in [0.1, 0.15) is 0 Å². The van der Waals surface area contributed by atoms with Crippen molar-refractivity contribution in [2.45, 2.75) is 0 Å². The fraction of sp³-hybridized carbons (Fsp3) is 0.200. The molecule has 70 valence electrons. The van der Waals surface area contributed by atoms with Gasteiger partial charge in [0, 0.05) is 13.6 Å². The van der Waals surface area contributed by atoms with E-state index in [1.54, 1.807) is 0 Å². The Kier molecular flexibility index (Phi) is 3.82. The van der Waals surface area contributed by atoms with Crippen LogP contribution in [0.4, 0.5) is 5.69 Å². The van der Waals surface area contributed by atoms with Crippen LogP contribution in [0.3, 0.4) is 0 Å². The van der Waals surface area contributed by atoms with E-state index >= 15 is 0 Å². The van der Waals surface area contributed by atoms with Gasteiger partial charge in [0.15, 0.2) is 0 Å². The molecule has 0 atom stereocenters. The number of hydrogen-bond acceptors (Lipinski definition) is 1.